The zero-order chi connectivity index (χ0) is 22.5. The second kappa shape index (κ2) is 9.34. The third-order valence-corrected chi connectivity index (χ3v) is 5.08. The zero-order valence-electron chi connectivity index (χ0n) is 17.6. The van der Waals surface area contributed by atoms with Gasteiger partial charge in [0.2, 0.25) is 5.91 Å². The standard InChI is InChI=1S/C23H23N5O4/c1-28-21-20(22(30)27-23(28)31)25-18(26-21)11-12-19(29)24-13-16-9-5-6-10-17(16)32-14-15-7-3-2-4-8-15/h2-10H,11-14H2,1H3,(H,24,29)(H,25,26)(H,27,30,31). The monoisotopic (exact) mass is 433 g/mol. The van der Waals surface area contributed by atoms with E-state index in [4.69, 9.17) is 4.74 Å². The van der Waals surface area contributed by atoms with Crippen LogP contribution in [0.3, 0.4) is 0 Å². The molecule has 32 heavy (non-hydrogen) atoms. The van der Waals surface area contributed by atoms with Crippen molar-refractivity contribution < 1.29 is 9.53 Å². The van der Waals surface area contributed by atoms with E-state index in [0.29, 0.717) is 31.1 Å². The van der Waals surface area contributed by atoms with E-state index in [-0.39, 0.29) is 23.5 Å². The van der Waals surface area contributed by atoms with E-state index in [1.165, 1.54) is 11.6 Å². The van der Waals surface area contributed by atoms with Gasteiger partial charge in [0, 0.05) is 32.0 Å². The fourth-order valence-electron chi connectivity index (χ4n) is 3.31. The molecule has 0 saturated heterocycles. The second-order valence-corrected chi connectivity index (χ2v) is 7.36. The topological polar surface area (TPSA) is 122 Å². The van der Waals surface area contributed by atoms with Gasteiger partial charge in [-0.15, -0.1) is 0 Å². The number of nitrogens with zero attached hydrogens (tertiary/aromatic N) is 2. The first kappa shape index (κ1) is 21.1. The average molecular weight is 433 g/mol. The summed E-state index contributed by atoms with van der Waals surface area (Å²) in [6, 6.07) is 17.4. The van der Waals surface area contributed by atoms with Crippen LogP contribution >= 0.6 is 0 Å². The lowest BCUT2D eigenvalue weighted by molar-refractivity contribution is -0.121. The van der Waals surface area contributed by atoms with E-state index in [0.717, 1.165) is 11.1 Å². The summed E-state index contributed by atoms with van der Waals surface area (Å²) in [5.41, 5.74) is 1.35. The van der Waals surface area contributed by atoms with E-state index >= 15 is 0 Å². The van der Waals surface area contributed by atoms with Crippen molar-refractivity contribution in [2.24, 2.45) is 7.05 Å². The van der Waals surface area contributed by atoms with E-state index in [9.17, 15) is 14.4 Å². The Morgan fingerprint density at radius 3 is 2.62 bits per heavy atom. The highest BCUT2D eigenvalue weighted by molar-refractivity contribution is 5.76. The number of rotatable bonds is 8. The SMILES string of the molecule is Cn1c(=O)[nH]c(=O)c2[nH]c(CCC(=O)NCc3ccccc3OCc3ccccc3)nc21. The van der Waals surface area contributed by atoms with Crippen LogP contribution < -0.4 is 21.3 Å². The Bertz CT molecular complexity index is 1350. The molecule has 2 aromatic heterocycles. The number of para-hydroxylation sites is 1. The molecule has 0 bridgehead atoms. The van der Waals surface area contributed by atoms with Crippen LogP contribution in [0.1, 0.15) is 23.4 Å². The highest BCUT2D eigenvalue weighted by Crippen LogP contribution is 2.19. The lowest BCUT2D eigenvalue weighted by Crippen LogP contribution is -2.28. The summed E-state index contributed by atoms with van der Waals surface area (Å²) in [5, 5.41) is 2.89. The van der Waals surface area contributed by atoms with Crippen molar-refractivity contribution >= 4 is 17.1 Å². The van der Waals surface area contributed by atoms with Gasteiger partial charge in [-0.2, -0.15) is 0 Å². The molecule has 4 rings (SSSR count). The van der Waals surface area contributed by atoms with E-state index in [1.807, 2.05) is 54.6 Å². The van der Waals surface area contributed by atoms with Crippen molar-refractivity contribution in [3.05, 3.63) is 92.4 Å². The number of nitrogens with one attached hydrogen (secondary N) is 3. The van der Waals surface area contributed by atoms with Crippen molar-refractivity contribution in [1.29, 1.82) is 0 Å². The first-order valence-corrected chi connectivity index (χ1v) is 10.2. The van der Waals surface area contributed by atoms with Gasteiger partial charge in [-0.25, -0.2) is 9.78 Å². The summed E-state index contributed by atoms with van der Waals surface area (Å²) in [6.07, 6.45) is 0.485. The molecule has 0 aliphatic heterocycles. The van der Waals surface area contributed by atoms with Crippen LogP contribution in [0.2, 0.25) is 0 Å². The van der Waals surface area contributed by atoms with Gasteiger partial charge in [0.05, 0.1) is 0 Å². The summed E-state index contributed by atoms with van der Waals surface area (Å²) < 4.78 is 7.18. The highest BCUT2D eigenvalue weighted by atomic mass is 16.5. The molecule has 0 unspecified atom stereocenters. The molecule has 0 fully saturated rings. The molecular formula is C23H23N5O4. The number of hydrogen-bond acceptors (Lipinski definition) is 5. The third kappa shape index (κ3) is 4.77. The molecule has 0 saturated carbocycles. The Morgan fingerprint density at radius 2 is 1.81 bits per heavy atom. The van der Waals surface area contributed by atoms with Crippen molar-refractivity contribution in [1.82, 2.24) is 24.8 Å². The van der Waals surface area contributed by atoms with Crippen LogP contribution in [0.4, 0.5) is 0 Å². The van der Waals surface area contributed by atoms with Crippen LogP contribution in [-0.2, 0) is 31.4 Å². The molecule has 0 aliphatic rings. The van der Waals surface area contributed by atoms with Crippen molar-refractivity contribution in [3.63, 3.8) is 0 Å². The predicted octanol–water partition coefficient (Wildman–Crippen LogP) is 1.78. The molecule has 0 radical (unpaired) electrons. The first-order chi connectivity index (χ1) is 15.5. The molecule has 3 N–H and O–H groups in total. The van der Waals surface area contributed by atoms with Gasteiger partial charge in [0.25, 0.3) is 5.56 Å². The number of benzene rings is 2. The van der Waals surface area contributed by atoms with Crippen LogP contribution in [0.15, 0.2) is 64.2 Å². The number of hydrogen-bond donors (Lipinski definition) is 3. The minimum Gasteiger partial charge on any atom is -0.489 e. The summed E-state index contributed by atoms with van der Waals surface area (Å²) in [6.45, 7) is 0.775. The number of amides is 1. The van der Waals surface area contributed by atoms with Crippen molar-refractivity contribution in [2.45, 2.75) is 26.0 Å². The summed E-state index contributed by atoms with van der Waals surface area (Å²) in [5.74, 6) is 1.02. The minimum absolute atomic E-state index is 0.161. The predicted molar refractivity (Wildman–Crippen MR) is 119 cm³/mol. The number of aromatic amines is 2. The second-order valence-electron chi connectivity index (χ2n) is 7.36. The van der Waals surface area contributed by atoms with E-state index < -0.39 is 11.2 Å². The number of H-pyrrole nitrogens is 2. The molecule has 0 aliphatic carbocycles. The van der Waals surface area contributed by atoms with Gasteiger partial charge >= 0.3 is 5.69 Å². The minimum atomic E-state index is -0.536. The number of fused-ring (bicyclic) bond motifs is 1. The van der Waals surface area contributed by atoms with Crippen molar-refractivity contribution in [2.75, 3.05) is 0 Å². The largest absolute Gasteiger partial charge is 0.489 e. The zero-order valence-corrected chi connectivity index (χ0v) is 17.6. The van der Waals surface area contributed by atoms with Gasteiger partial charge in [-0.05, 0) is 11.6 Å². The summed E-state index contributed by atoms with van der Waals surface area (Å²) in [7, 11) is 1.52. The fourth-order valence-corrected chi connectivity index (χ4v) is 3.31. The molecule has 164 valence electrons. The number of aryl methyl sites for hydroxylation is 2. The molecule has 9 nitrogen and oxygen atoms in total. The number of carbonyl (C=O) groups is 1. The van der Waals surface area contributed by atoms with Crippen LogP contribution in [0.25, 0.3) is 11.2 Å². The Labute approximate surface area is 183 Å². The Morgan fingerprint density at radius 1 is 1.06 bits per heavy atom. The van der Waals surface area contributed by atoms with Crippen LogP contribution in [0, 0.1) is 0 Å². The quantitative estimate of drug-likeness (QED) is 0.391. The van der Waals surface area contributed by atoms with E-state index in [1.54, 1.807) is 0 Å². The molecule has 2 aromatic carbocycles. The molecule has 1 amide bonds. The van der Waals surface area contributed by atoms with Gasteiger partial charge in [-0.1, -0.05) is 48.5 Å². The number of imidazole rings is 1. The molecule has 9 heteroatoms. The lowest BCUT2D eigenvalue weighted by Gasteiger charge is -2.12. The summed E-state index contributed by atoms with van der Waals surface area (Å²) >= 11 is 0. The highest BCUT2D eigenvalue weighted by Gasteiger charge is 2.12. The third-order valence-electron chi connectivity index (χ3n) is 5.08. The fraction of sp³-hybridized carbons (Fsp3) is 0.217. The van der Waals surface area contributed by atoms with Gasteiger partial charge < -0.3 is 15.0 Å². The first-order valence-electron chi connectivity index (χ1n) is 10.2. The van der Waals surface area contributed by atoms with E-state index in [2.05, 4.69) is 20.3 Å². The maximum atomic E-state index is 12.4. The van der Waals surface area contributed by atoms with Gasteiger partial charge in [-0.3, -0.25) is 19.1 Å². The van der Waals surface area contributed by atoms with Crippen molar-refractivity contribution in [3.8, 4) is 5.75 Å². The normalized spacial score (nSPS) is 10.9. The molecule has 0 spiro atoms. The van der Waals surface area contributed by atoms with Crippen LogP contribution in [-0.4, -0.2) is 25.4 Å². The van der Waals surface area contributed by atoms with Gasteiger partial charge in [0.1, 0.15) is 23.7 Å². The van der Waals surface area contributed by atoms with Crippen LogP contribution in [0.5, 0.6) is 5.75 Å². The number of carbonyl (C=O) groups excluding carboxylic acids is 1. The molecule has 2 heterocycles. The molecule has 4 aromatic rings. The molecular weight excluding hydrogens is 410 g/mol. The Kier molecular flexibility index (Phi) is 6.16. The maximum absolute atomic E-state index is 12.4. The Balaban J connectivity index is 1.34. The molecule has 0 atom stereocenters. The Hall–Kier alpha value is -4.14. The maximum Gasteiger partial charge on any atom is 0.329 e. The average Bonchev–Trinajstić information content (AvgIpc) is 3.25. The number of aromatic nitrogens is 4. The lowest BCUT2D eigenvalue weighted by atomic mass is 10.2. The van der Waals surface area contributed by atoms with Gasteiger partial charge in [0.15, 0.2) is 5.65 Å². The number of ether oxygens (including phenoxy) is 1. The smallest absolute Gasteiger partial charge is 0.329 e. The summed E-state index contributed by atoms with van der Waals surface area (Å²) in [4.78, 5) is 45.3.